The van der Waals surface area contributed by atoms with E-state index in [0.29, 0.717) is 16.8 Å². The summed E-state index contributed by atoms with van der Waals surface area (Å²) in [7, 11) is 5.83. The Labute approximate surface area is 100 Å². The third-order valence-electron chi connectivity index (χ3n) is 3.07. The highest BCUT2D eigenvalue weighted by Gasteiger charge is 2.18. The Morgan fingerprint density at radius 1 is 1.47 bits per heavy atom. The van der Waals surface area contributed by atoms with Crippen LogP contribution in [-0.4, -0.2) is 29.2 Å². The lowest BCUT2D eigenvalue weighted by Gasteiger charge is -2.22. The molecule has 1 saturated heterocycles. The first-order chi connectivity index (χ1) is 8.25. The molecule has 2 aromatic rings. The SMILES string of the molecule is [B]c1cnc(N)c2cn(C3CCCCO3)nc12. The van der Waals surface area contributed by atoms with Crippen LogP contribution in [-0.2, 0) is 4.74 Å². The van der Waals surface area contributed by atoms with Crippen LogP contribution in [0.15, 0.2) is 12.4 Å². The van der Waals surface area contributed by atoms with Crippen LogP contribution in [0.5, 0.6) is 0 Å². The third-order valence-corrected chi connectivity index (χ3v) is 3.07. The summed E-state index contributed by atoms with van der Waals surface area (Å²) in [5.41, 5.74) is 7.05. The molecule has 2 radical (unpaired) electrons. The molecule has 1 unspecified atom stereocenters. The Hall–Kier alpha value is -1.56. The van der Waals surface area contributed by atoms with Crippen molar-refractivity contribution >= 4 is 30.0 Å². The number of nitrogens with zero attached hydrogens (tertiary/aromatic N) is 3. The summed E-state index contributed by atoms with van der Waals surface area (Å²) in [5.74, 6) is 0.455. The standard InChI is InChI=1S/C11H13BN4O/c12-8-5-14-11(13)7-6-16(15-10(7)8)9-3-1-2-4-17-9/h5-6,9H,1-4H2,(H2,13,14). The summed E-state index contributed by atoms with van der Waals surface area (Å²) in [4.78, 5) is 4.02. The van der Waals surface area contributed by atoms with Crippen molar-refractivity contribution in [2.75, 3.05) is 12.3 Å². The maximum absolute atomic E-state index is 5.83. The fraction of sp³-hybridized carbons (Fsp3) is 0.455. The molecule has 0 aromatic carbocycles. The first-order valence-electron chi connectivity index (χ1n) is 5.76. The monoisotopic (exact) mass is 228 g/mol. The molecule has 0 aliphatic carbocycles. The molecule has 0 amide bonds. The van der Waals surface area contributed by atoms with Crippen molar-refractivity contribution in [1.29, 1.82) is 0 Å². The summed E-state index contributed by atoms with van der Waals surface area (Å²) in [5, 5.41) is 5.23. The molecular weight excluding hydrogens is 215 g/mol. The first kappa shape index (κ1) is 10.6. The van der Waals surface area contributed by atoms with Crippen molar-refractivity contribution in [2.24, 2.45) is 0 Å². The van der Waals surface area contributed by atoms with Crippen molar-refractivity contribution < 1.29 is 4.74 Å². The summed E-state index contributed by atoms with van der Waals surface area (Å²) >= 11 is 0. The van der Waals surface area contributed by atoms with Gasteiger partial charge in [0.25, 0.3) is 0 Å². The van der Waals surface area contributed by atoms with Crippen LogP contribution in [0, 0.1) is 0 Å². The second-order valence-corrected chi connectivity index (χ2v) is 4.29. The van der Waals surface area contributed by atoms with E-state index in [-0.39, 0.29) is 6.23 Å². The van der Waals surface area contributed by atoms with Crippen LogP contribution in [0.25, 0.3) is 10.9 Å². The van der Waals surface area contributed by atoms with Crippen molar-refractivity contribution in [3.8, 4) is 0 Å². The highest BCUT2D eigenvalue weighted by atomic mass is 16.5. The van der Waals surface area contributed by atoms with Gasteiger partial charge in [0.2, 0.25) is 0 Å². The predicted octanol–water partition coefficient (Wildman–Crippen LogP) is 0.506. The zero-order valence-corrected chi connectivity index (χ0v) is 9.47. The van der Waals surface area contributed by atoms with E-state index < -0.39 is 0 Å². The second-order valence-electron chi connectivity index (χ2n) is 4.29. The van der Waals surface area contributed by atoms with E-state index in [4.69, 9.17) is 18.3 Å². The van der Waals surface area contributed by atoms with Crippen LogP contribution in [0.3, 0.4) is 0 Å². The molecule has 1 atom stereocenters. The molecule has 0 spiro atoms. The summed E-state index contributed by atoms with van der Waals surface area (Å²) in [6.07, 6.45) is 6.64. The summed E-state index contributed by atoms with van der Waals surface area (Å²) in [6, 6.07) is 0. The van der Waals surface area contributed by atoms with Gasteiger partial charge in [0.15, 0.2) is 0 Å². The maximum atomic E-state index is 5.83. The van der Waals surface area contributed by atoms with Gasteiger partial charge in [-0.15, -0.1) is 0 Å². The van der Waals surface area contributed by atoms with Gasteiger partial charge in [0.1, 0.15) is 19.9 Å². The third kappa shape index (κ3) is 1.78. The lowest BCUT2D eigenvalue weighted by Crippen LogP contribution is -2.18. The Kier molecular flexibility index (Phi) is 2.51. The highest BCUT2D eigenvalue weighted by Crippen LogP contribution is 2.24. The highest BCUT2D eigenvalue weighted by molar-refractivity contribution is 6.38. The molecule has 2 N–H and O–H groups in total. The molecule has 0 bridgehead atoms. The van der Waals surface area contributed by atoms with Gasteiger partial charge in [0.05, 0.1) is 10.9 Å². The molecular formula is C11H13BN4O. The summed E-state index contributed by atoms with van der Waals surface area (Å²) < 4.78 is 7.48. The zero-order chi connectivity index (χ0) is 11.8. The van der Waals surface area contributed by atoms with Crippen LogP contribution in [0.4, 0.5) is 5.82 Å². The number of fused-ring (bicyclic) bond motifs is 1. The number of rotatable bonds is 1. The normalized spacial score (nSPS) is 20.8. The topological polar surface area (TPSA) is 66.0 Å². The maximum Gasteiger partial charge on any atom is 0.150 e. The van der Waals surface area contributed by atoms with E-state index in [2.05, 4.69) is 10.1 Å². The Morgan fingerprint density at radius 2 is 2.35 bits per heavy atom. The molecule has 5 nitrogen and oxygen atoms in total. The molecule has 2 aromatic heterocycles. The molecule has 1 fully saturated rings. The van der Waals surface area contributed by atoms with Gasteiger partial charge in [-0.1, -0.05) is 5.46 Å². The molecule has 86 valence electrons. The smallest absolute Gasteiger partial charge is 0.150 e. The predicted molar refractivity (Wildman–Crippen MR) is 66.2 cm³/mol. The van der Waals surface area contributed by atoms with E-state index in [1.54, 1.807) is 4.68 Å². The number of ether oxygens (including phenoxy) is 1. The molecule has 1 aliphatic heterocycles. The number of aromatic nitrogens is 3. The lowest BCUT2D eigenvalue weighted by atomic mass is 9.96. The first-order valence-corrected chi connectivity index (χ1v) is 5.76. The van der Waals surface area contributed by atoms with Crippen molar-refractivity contribution in [3.05, 3.63) is 12.4 Å². The average Bonchev–Trinajstić information content (AvgIpc) is 2.81. The van der Waals surface area contributed by atoms with Gasteiger partial charge < -0.3 is 10.5 Å². The Bertz CT molecular complexity index is 509. The van der Waals surface area contributed by atoms with E-state index in [9.17, 15) is 0 Å². The number of nitrogens with two attached hydrogens (primary N) is 1. The quantitative estimate of drug-likeness (QED) is 0.722. The van der Waals surface area contributed by atoms with Crippen molar-refractivity contribution in [2.45, 2.75) is 25.5 Å². The molecule has 1 aliphatic rings. The largest absolute Gasteiger partial charge is 0.383 e. The fourth-order valence-electron chi connectivity index (χ4n) is 2.14. The van der Waals surface area contributed by atoms with Gasteiger partial charge in [-0.05, 0) is 19.3 Å². The van der Waals surface area contributed by atoms with E-state index in [0.717, 1.165) is 31.3 Å². The molecule has 0 saturated carbocycles. The van der Waals surface area contributed by atoms with Gasteiger partial charge in [-0.3, -0.25) is 0 Å². The molecule has 3 heterocycles. The number of pyridine rings is 1. The van der Waals surface area contributed by atoms with Crippen LogP contribution >= 0.6 is 0 Å². The Balaban J connectivity index is 2.06. The van der Waals surface area contributed by atoms with Gasteiger partial charge in [0, 0.05) is 19.0 Å². The lowest BCUT2D eigenvalue weighted by molar-refractivity contribution is -0.0390. The van der Waals surface area contributed by atoms with Gasteiger partial charge in [-0.2, -0.15) is 5.10 Å². The van der Waals surface area contributed by atoms with Crippen molar-refractivity contribution in [1.82, 2.24) is 14.8 Å². The van der Waals surface area contributed by atoms with Crippen LogP contribution < -0.4 is 11.2 Å². The Morgan fingerprint density at radius 3 is 3.06 bits per heavy atom. The van der Waals surface area contributed by atoms with Crippen LogP contribution in [0.2, 0.25) is 0 Å². The van der Waals surface area contributed by atoms with Crippen molar-refractivity contribution in [3.63, 3.8) is 0 Å². The zero-order valence-electron chi connectivity index (χ0n) is 9.47. The van der Waals surface area contributed by atoms with Gasteiger partial charge >= 0.3 is 0 Å². The van der Waals surface area contributed by atoms with Gasteiger partial charge in [-0.25, -0.2) is 9.67 Å². The minimum absolute atomic E-state index is 0.00468. The molecule has 3 rings (SSSR count). The summed E-state index contributed by atoms with van der Waals surface area (Å²) in [6.45, 7) is 0.782. The number of nitrogen functional groups attached to an aromatic ring is 1. The van der Waals surface area contributed by atoms with E-state index in [1.165, 1.54) is 6.20 Å². The molecule has 17 heavy (non-hydrogen) atoms. The van der Waals surface area contributed by atoms with E-state index >= 15 is 0 Å². The number of hydrogen-bond donors (Lipinski definition) is 1. The second kappa shape index (κ2) is 4.03. The molecule has 6 heteroatoms. The average molecular weight is 228 g/mol. The number of anilines is 1. The fourth-order valence-corrected chi connectivity index (χ4v) is 2.14. The minimum Gasteiger partial charge on any atom is -0.383 e. The minimum atomic E-state index is -0.00468. The number of hydrogen-bond acceptors (Lipinski definition) is 4. The van der Waals surface area contributed by atoms with Crippen LogP contribution in [0.1, 0.15) is 25.5 Å². The van der Waals surface area contributed by atoms with E-state index in [1.807, 2.05) is 6.20 Å².